The second-order valence-electron chi connectivity index (χ2n) is 7.29. The molecule has 1 N–H and O–H groups in total. The molecule has 160 valence electrons. The highest BCUT2D eigenvalue weighted by Crippen LogP contribution is 2.25. The molecule has 8 nitrogen and oxygen atoms in total. The van der Waals surface area contributed by atoms with Crippen LogP contribution in [0.2, 0.25) is 0 Å². The standard InChI is InChI=1S/C23H23N3O5/c1-16-18-9-5-6-10-19(18)31-21(16)22(28)30-15-20(27)25-11-13-26(14-12-25)23(29)24-17-7-3-2-4-8-17/h2-10H,11-15H2,1H3,(H,24,29). The number of furan rings is 1. The van der Waals surface area contributed by atoms with E-state index < -0.39 is 5.97 Å². The highest BCUT2D eigenvalue weighted by atomic mass is 16.5. The Hall–Kier alpha value is -3.81. The van der Waals surface area contributed by atoms with Gasteiger partial charge in [0.1, 0.15) is 5.58 Å². The zero-order chi connectivity index (χ0) is 21.8. The predicted molar refractivity (Wildman–Crippen MR) is 115 cm³/mol. The highest BCUT2D eigenvalue weighted by molar-refractivity contribution is 5.96. The SMILES string of the molecule is Cc1c(C(=O)OCC(=O)N2CCN(C(=O)Nc3ccccc3)CC2)oc2ccccc12. The molecule has 8 heteroatoms. The van der Waals surface area contributed by atoms with Crippen molar-refractivity contribution >= 4 is 34.6 Å². The molecule has 1 saturated heterocycles. The fourth-order valence-electron chi connectivity index (χ4n) is 3.54. The molecule has 0 bridgehead atoms. The molecule has 0 saturated carbocycles. The molecule has 3 amide bonds. The second kappa shape index (κ2) is 8.91. The first kappa shape index (κ1) is 20.5. The summed E-state index contributed by atoms with van der Waals surface area (Å²) in [6.45, 7) is 2.97. The number of rotatable bonds is 4. The van der Waals surface area contributed by atoms with Crippen molar-refractivity contribution in [2.45, 2.75) is 6.92 Å². The lowest BCUT2D eigenvalue weighted by atomic mass is 10.1. The summed E-state index contributed by atoms with van der Waals surface area (Å²) < 4.78 is 10.8. The number of ether oxygens (including phenoxy) is 1. The van der Waals surface area contributed by atoms with E-state index in [4.69, 9.17) is 9.15 Å². The van der Waals surface area contributed by atoms with Gasteiger partial charge in [-0.3, -0.25) is 4.79 Å². The van der Waals surface area contributed by atoms with Crippen LogP contribution in [-0.4, -0.2) is 60.5 Å². The van der Waals surface area contributed by atoms with Gasteiger partial charge in [0.05, 0.1) is 0 Å². The van der Waals surface area contributed by atoms with Crippen LogP contribution in [0, 0.1) is 6.92 Å². The Bertz CT molecular complexity index is 1100. The van der Waals surface area contributed by atoms with Gasteiger partial charge in [-0.15, -0.1) is 0 Å². The number of piperazine rings is 1. The van der Waals surface area contributed by atoms with E-state index in [2.05, 4.69) is 5.32 Å². The van der Waals surface area contributed by atoms with Gasteiger partial charge in [0, 0.05) is 42.8 Å². The quantitative estimate of drug-likeness (QED) is 0.653. The minimum Gasteiger partial charge on any atom is -0.450 e. The molecular formula is C23H23N3O5. The number of carbonyl (C=O) groups excluding carboxylic acids is 3. The van der Waals surface area contributed by atoms with Crippen LogP contribution in [0.15, 0.2) is 59.0 Å². The van der Waals surface area contributed by atoms with E-state index in [0.717, 1.165) is 11.1 Å². The highest BCUT2D eigenvalue weighted by Gasteiger charge is 2.26. The van der Waals surface area contributed by atoms with Crippen molar-refractivity contribution in [3.8, 4) is 0 Å². The van der Waals surface area contributed by atoms with Crippen molar-refractivity contribution < 1.29 is 23.5 Å². The number of hydrogen-bond donors (Lipinski definition) is 1. The summed E-state index contributed by atoms with van der Waals surface area (Å²) in [5, 5.41) is 3.67. The summed E-state index contributed by atoms with van der Waals surface area (Å²) in [4.78, 5) is 40.4. The van der Waals surface area contributed by atoms with Crippen LogP contribution in [-0.2, 0) is 9.53 Å². The second-order valence-corrected chi connectivity index (χ2v) is 7.29. The first-order valence-corrected chi connectivity index (χ1v) is 10.1. The van der Waals surface area contributed by atoms with Gasteiger partial charge in [0.25, 0.3) is 5.91 Å². The van der Waals surface area contributed by atoms with Gasteiger partial charge in [-0.25, -0.2) is 9.59 Å². The molecule has 0 aliphatic carbocycles. The monoisotopic (exact) mass is 421 g/mol. The Morgan fingerprint density at radius 2 is 1.58 bits per heavy atom. The number of anilines is 1. The van der Waals surface area contributed by atoms with Crippen molar-refractivity contribution in [2.75, 3.05) is 38.1 Å². The van der Waals surface area contributed by atoms with E-state index in [1.807, 2.05) is 48.5 Å². The molecule has 1 aromatic heterocycles. The number of hydrogen-bond acceptors (Lipinski definition) is 5. The lowest BCUT2D eigenvalue weighted by molar-refractivity contribution is -0.135. The van der Waals surface area contributed by atoms with Crippen LogP contribution >= 0.6 is 0 Å². The summed E-state index contributed by atoms with van der Waals surface area (Å²) in [5.41, 5.74) is 2.01. The molecular weight excluding hydrogens is 398 g/mol. The van der Waals surface area contributed by atoms with Crippen molar-refractivity contribution in [1.29, 1.82) is 0 Å². The zero-order valence-electron chi connectivity index (χ0n) is 17.2. The number of para-hydroxylation sites is 2. The van der Waals surface area contributed by atoms with E-state index in [0.29, 0.717) is 37.3 Å². The van der Waals surface area contributed by atoms with E-state index in [9.17, 15) is 14.4 Å². The minimum absolute atomic E-state index is 0.108. The van der Waals surface area contributed by atoms with Gasteiger partial charge in [0.15, 0.2) is 6.61 Å². The van der Waals surface area contributed by atoms with Gasteiger partial charge >= 0.3 is 12.0 Å². The maximum absolute atomic E-state index is 12.5. The molecule has 1 aliphatic heterocycles. The minimum atomic E-state index is -0.664. The molecule has 2 aromatic carbocycles. The van der Waals surface area contributed by atoms with Crippen LogP contribution < -0.4 is 5.32 Å². The number of esters is 1. The predicted octanol–water partition coefficient (Wildman–Crippen LogP) is 3.27. The zero-order valence-corrected chi connectivity index (χ0v) is 17.2. The van der Waals surface area contributed by atoms with Crippen LogP contribution in [0.5, 0.6) is 0 Å². The number of carbonyl (C=O) groups is 3. The van der Waals surface area contributed by atoms with Crippen LogP contribution in [0.25, 0.3) is 11.0 Å². The molecule has 0 spiro atoms. The fourth-order valence-corrected chi connectivity index (χ4v) is 3.54. The number of fused-ring (bicyclic) bond motifs is 1. The van der Waals surface area contributed by atoms with Crippen molar-refractivity contribution in [2.24, 2.45) is 0 Å². The Morgan fingerprint density at radius 3 is 2.29 bits per heavy atom. The molecule has 31 heavy (non-hydrogen) atoms. The number of amides is 3. The largest absolute Gasteiger partial charge is 0.450 e. The smallest absolute Gasteiger partial charge is 0.375 e. The van der Waals surface area contributed by atoms with Crippen molar-refractivity contribution in [3.63, 3.8) is 0 Å². The van der Waals surface area contributed by atoms with Gasteiger partial charge in [-0.2, -0.15) is 0 Å². The fraction of sp³-hybridized carbons (Fsp3) is 0.261. The molecule has 1 aliphatic rings. The molecule has 0 unspecified atom stereocenters. The average molecular weight is 421 g/mol. The average Bonchev–Trinajstić information content (AvgIpc) is 3.15. The van der Waals surface area contributed by atoms with E-state index >= 15 is 0 Å². The van der Waals surface area contributed by atoms with Crippen LogP contribution in [0.4, 0.5) is 10.5 Å². The summed E-state index contributed by atoms with van der Waals surface area (Å²) in [7, 11) is 0. The molecule has 2 heterocycles. The maximum atomic E-state index is 12.5. The molecule has 1 fully saturated rings. The van der Waals surface area contributed by atoms with Crippen molar-refractivity contribution in [1.82, 2.24) is 9.80 Å². The molecule has 4 rings (SSSR count). The van der Waals surface area contributed by atoms with Gasteiger partial charge < -0.3 is 24.3 Å². The van der Waals surface area contributed by atoms with Crippen LogP contribution in [0.3, 0.4) is 0 Å². The van der Waals surface area contributed by atoms with Gasteiger partial charge in [-0.05, 0) is 25.1 Å². The normalized spacial score (nSPS) is 13.8. The Kier molecular flexibility index (Phi) is 5.88. The van der Waals surface area contributed by atoms with Crippen molar-refractivity contribution in [3.05, 3.63) is 65.9 Å². The number of urea groups is 1. The third-order valence-electron chi connectivity index (χ3n) is 5.30. The lowest BCUT2D eigenvalue weighted by Gasteiger charge is -2.34. The summed E-state index contributed by atoms with van der Waals surface area (Å²) in [6, 6.07) is 16.3. The van der Waals surface area contributed by atoms with Gasteiger partial charge in [0.2, 0.25) is 5.76 Å². The first-order valence-electron chi connectivity index (χ1n) is 10.1. The Labute approximate surface area is 179 Å². The third-order valence-corrected chi connectivity index (χ3v) is 5.30. The molecule has 0 radical (unpaired) electrons. The summed E-state index contributed by atoms with van der Waals surface area (Å²) in [6.07, 6.45) is 0. The topological polar surface area (TPSA) is 92.1 Å². The summed E-state index contributed by atoms with van der Waals surface area (Å²) >= 11 is 0. The Balaban J connectivity index is 1.26. The van der Waals surface area contributed by atoms with E-state index in [1.165, 1.54) is 0 Å². The summed E-state index contributed by atoms with van der Waals surface area (Å²) in [5.74, 6) is -0.857. The lowest BCUT2D eigenvalue weighted by Crippen LogP contribution is -2.52. The van der Waals surface area contributed by atoms with E-state index in [1.54, 1.807) is 22.8 Å². The number of benzene rings is 2. The number of nitrogens with zero attached hydrogens (tertiary/aromatic N) is 2. The third kappa shape index (κ3) is 4.53. The van der Waals surface area contributed by atoms with Crippen LogP contribution in [0.1, 0.15) is 16.1 Å². The number of aryl methyl sites for hydroxylation is 1. The Morgan fingerprint density at radius 1 is 0.935 bits per heavy atom. The van der Waals surface area contributed by atoms with E-state index in [-0.39, 0.29) is 24.3 Å². The molecule has 0 atom stereocenters. The first-order chi connectivity index (χ1) is 15.0. The van der Waals surface area contributed by atoms with Gasteiger partial charge in [-0.1, -0.05) is 36.4 Å². The number of nitrogens with one attached hydrogen (secondary N) is 1. The molecule has 3 aromatic rings. The maximum Gasteiger partial charge on any atom is 0.375 e.